The zero-order valence-corrected chi connectivity index (χ0v) is 16.7. The van der Waals surface area contributed by atoms with Gasteiger partial charge in [-0.2, -0.15) is 10.1 Å². The molecule has 3 aromatic rings. The highest BCUT2D eigenvalue weighted by atomic mass is 16.5. The molecule has 1 fully saturated rings. The van der Waals surface area contributed by atoms with Crippen LogP contribution in [0.4, 0.5) is 5.69 Å². The zero-order valence-electron chi connectivity index (χ0n) is 16.7. The molecular weight excluding hydrogens is 370 g/mol. The van der Waals surface area contributed by atoms with Crippen molar-refractivity contribution < 1.29 is 14.3 Å². The van der Waals surface area contributed by atoms with Crippen molar-refractivity contribution >= 4 is 17.4 Å². The molecule has 0 radical (unpaired) electrons. The number of fused-ring (bicyclic) bond motifs is 1. The van der Waals surface area contributed by atoms with Gasteiger partial charge in [-0.3, -0.25) is 4.79 Å². The van der Waals surface area contributed by atoms with E-state index in [-0.39, 0.29) is 17.9 Å². The van der Waals surface area contributed by atoms with Crippen molar-refractivity contribution in [1.82, 2.24) is 19.6 Å². The topological polar surface area (TPSA) is 90.6 Å². The third-order valence-corrected chi connectivity index (χ3v) is 4.93. The highest BCUT2D eigenvalue weighted by Gasteiger charge is 2.16. The summed E-state index contributed by atoms with van der Waals surface area (Å²) in [7, 11) is 0. The molecule has 1 aromatic carbocycles. The number of aromatic nitrogens is 4. The molecule has 0 bridgehead atoms. The third kappa shape index (κ3) is 4.54. The Morgan fingerprint density at radius 3 is 2.86 bits per heavy atom. The SMILES string of the molecule is CC(C)c1cc(C(=O)Nc2ccc(OCC3CCCCO3)cc2)nc2ncnn12. The first kappa shape index (κ1) is 19.3. The van der Waals surface area contributed by atoms with Gasteiger partial charge in [-0.05, 0) is 55.5 Å². The fourth-order valence-electron chi connectivity index (χ4n) is 3.32. The van der Waals surface area contributed by atoms with Gasteiger partial charge in [0.1, 0.15) is 24.4 Å². The number of ether oxygens (including phenoxy) is 2. The van der Waals surface area contributed by atoms with Gasteiger partial charge in [0.25, 0.3) is 11.7 Å². The number of amides is 1. The summed E-state index contributed by atoms with van der Waals surface area (Å²) in [5, 5.41) is 7.05. The second-order valence-electron chi connectivity index (χ2n) is 7.47. The maximum Gasteiger partial charge on any atom is 0.274 e. The van der Waals surface area contributed by atoms with E-state index in [4.69, 9.17) is 9.47 Å². The summed E-state index contributed by atoms with van der Waals surface area (Å²) in [5.41, 5.74) is 1.86. The molecule has 3 heterocycles. The van der Waals surface area contributed by atoms with Crippen molar-refractivity contribution in [3.63, 3.8) is 0 Å². The first-order valence-electron chi connectivity index (χ1n) is 9.96. The number of anilines is 1. The standard InChI is InChI=1S/C21H25N5O3/c1-14(2)19-11-18(25-21-22-13-23-26(19)21)20(27)24-15-6-8-16(9-7-15)29-12-17-5-3-4-10-28-17/h6-9,11,13-14,17H,3-5,10,12H2,1-2H3,(H,24,27). The van der Waals surface area contributed by atoms with Gasteiger partial charge in [0.2, 0.25) is 0 Å². The van der Waals surface area contributed by atoms with E-state index in [1.165, 1.54) is 12.7 Å². The van der Waals surface area contributed by atoms with Crippen LogP contribution in [0, 0.1) is 0 Å². The van der Waals surface area contributed by atoms with Crippen molar-refractivity contribution in [2.24, 2.45) is 0 Å². The molecule has 152 valence electrons. The number of nitrogens with one attached hydrogen (secondary N) is 1. The molecule has 1 saturated heterocycles. The van der Waals surface area contributed by atoms with Crippen molar-refractivity contribution in [3.05, 3.63) is 48.0 Å². The minimum atomic E-state index is -0.290. The number of hydrogen-bond donors (Lipinski definition) is 1. The quantitative estimate of drug-likeness (QED) is 0.687. The largest absolute Gasteiger partial charge is 0.491 e. The molecular formula is C21H25N5O3. The average molecular weight is 395 g/mol. The van der Waals surface area contributed by atoms with Crippen LogP contribution in [0.25, 0.3) is 5.78 Å². The molecule has 1 N–H and O–H groups in total. The van der Waals surface area contributed by atoms with Crippen LogP contribution in [0.1, 0.15) is 55.2 Å². The highest BCUT2D eigenvalue weighted by molar-refractivity contribution is 6.03. The molecule has 0 saturated carbocycles. The third-order valence-electron chi connectivity index (χ3n) is 4.93. The van der Waals surface area contributed by atoms with Gasteiger partial charge in [0.05, 0.1) is 11.8 Å². The lowest BCUT2D eigenvalue weighted by Gasteiger charge is -2.22. The summed E-state index contributed by atoms with van der Waals surface area (Å²) >= 11 is 0. The highest BCUT2D eigenvalue weighted by Crippen LogP contribution is 2.20. The van der Waals surface area contributed by atoms with E-state index in [2.05, 4.69) is 20.4 Å². The van der Waals surface area contributed by atoms with E-state index in [0.717, 1.165) is 30.9 Å². The van der Waals surface area contributed by atoms with Crippen LogP contribution >= 0.6 is 0 Å². The lowest BCUT2D eigenvalue weighted by atomic mass is 10.1. The number of carbonyl (C=O) groups excluding carboxylic acids is 1. The summed E-state index contributed by atoms with van der Waals surface area (Å²) < 4.78 is 13.1. The van der Waals surface area contributed by atoms with Gasteiger partial charge in [0, 0.05) is 12.3 Å². The van der Waals surface area contributed by atoms with Crippen LogP contribution in [0.3, 0.4) is 0 Å². The Bertz CT molecular complexity index is 978. The van der Waals surface area contributed by atoms with Gasteiger partial charge in [0.15, 0.2) is 0 Å². The lowest BCUT2D eigenvalue weighted by Crippen LogP contribution is -2.25. The molecule has 0 spiro atoms. The monoisotopic (exact) mass is 395 g/mol. The fraction of sp³-hybridized carbons (Fsp3) is 0.429. The Balaban J connectivity index is 1.41. The molecule has 4 rings (SSSR count). The molecule has 1 atom stereocenters. The van der Waals surface area contributed by atoms with Gasteiger partial charge in [-0.15, -0.1) is 0 Å². The summed E-state index contributed by atoms with van der Waals surface area (Å²) in [4.78, 5) is 21.1. The first-order chi connectivity index (χ1) is 14.1. The molecule has 0 aliphatic carbocycles. The van der Waals surface area contributed by atoms with Gasteiger partial charge >= 0.3 is 0 Å². The Kier molecular flexibility index (Phi) is 5.71. The van der Waals surface area contributed by atoms with Crippen LogP contribution in [-0.4, -0.2) is 44.8 Å². The van der Waals surface area contributed by atoms with E-state index in [1.54, 1.807) is 10.6 Å². The number of nitrogens with zero attached hydrogens (tertiary/aromatic N) is 4. The van der Waals surface area contributed by atoms with Crippen molar-refractivity contribution in [2.75, 3.05) is 18.5 Å². The van der Waals surface area contributed by atoms with Crippen molar-refractivity contribution in [2.45, 2.75) is 45.1 Å². The Hall–Kier alpha value is -3.00. The second kappa shape index (κ2) is 8.57. The first-order valence-corrected chi connectivity index (χ1v) is 9.96. The minimum Gasteiger partial charge on any atom is -0.491 e. The molecule has 1 amide bonds. The van der Waals surface area contributed by atoms with E-state index < -0.39 is 0 Å². The molecule has 8 heteroatoms. The van der Waals surface area contributed by atoms with Crippen LogP contribution in [0.15, 0.2) is 36.7 Å². The van der Waals surface area contributed by atoms with E-state index in [1.807, 2.05) is 38.1 Å². The minimum absolute atomic E-state index is 0.163. The van der Waals surface area contributed by atoms with Crippen LogP contribution in [0.5, 0.6) is 5.75 Å². The van der Waals surface area contributed by atoms with Crippen LogP contribution < -0.4 is 10.1 Å². The van der Waals surface area contributed by atoms with E-state index in [0.29, 0.717) is 23.8 Å². The fourth-order valence-corrected chi connectivity index (χ4v) is 3.32. The molecule has 1 unspecified atom stereocenters. The molecule has 1 aliphatic rings. The number of carbonyl (C=O) groups is 1. The number of hydrogen-bond acceptors (Lipinski definition) is 6. The van der Waals surface area contributed by atoms with Gasteiger partial charge in [-0.25, -0.2) is 9.50 Å². The zero-order chi connectivity index (χ0) is 20.2. The Labute approximate surface area is 169 Å². The lowest BCUT2D eigenvalue weighted by molar-refractivity contribution is -0.0110. The van der Waals surface area contributed by atoms with E-state index in [9.17, 15) is 4.79 Å². The predicted octanol–water partition coefficient (Wildman–Crippen LogP) is 3.45. The molecule has 2 aromatic heterocycles. The summed E-state index contributed by atoms with van der Waals surface area (Å²) in [6.45, 7) is 5.43. The Morgan fingerprint density at radius 1 is 1.31 bits per heavy atom. The smallest absolute Gasteiger partial charge is 0.274 e. The normalized spacial score (nSPS) is 16.9. The van der Waals surface area contributed by atoms with Crippen molar-refractivity contribution in [3.8, 4) is 5.75 Å². The number of benzene rings is 1. The maximum atomic E-state index is 12.7. The molecule has 8 nitrogen and oxygen atoms in total. The molecule has 29 heavy (non-hydrogen) atoms. The second-order valence-corrected chi connectivity index (χ2v) is 7.47. The maximum absolute atomic E-state index is 12.7. The number of rotatable bonds is 6. The molecule has 1 aliphatic heterocycles. The summed E-state index contributed by atoms with van der Waals surface area (Å²) in [6, 6.07) is 9.06. The van der Waals surface area contributed by atoms with Crippen LogP contribution in [-0.2, 0) is 4.74 Å². The van der Waals surface area contributed by atoms with Crippen molar-refractivity contribution in [1.29, 1.82) is 0 Å². The predicted molar refractivity (Wildman–Crippen MR) is 108 cm³/mol. The average Bonchev–Trinajstić information content (AvgIpc) is 3.22. The summed E-state index contributed by atoms with van der Waals surface area (Å²) in [6.07, 6.45) is 4.95. The Morgan fingerprint density at radius 2 is 2.14 bits per heavy atom. The van der Waals surface area contributed by atoms with Crippen LogP contribution in [0.2, 0.25) is 0 Å². The van der Waals surface area contributed by atoms with Gasteiger partial charge < -0.3 is 14.8 Å². The van der Waals surface area contributed by atoms with E-state index >= 15 is 0 Å². The summed E-state index contributed by atoms with van der Waals surface area (Å²) in [5.74, 6) is 1.05. The van der Waals surface area contributed by atoms with Gasteiger partial charge in [-0.1, -0.05) is 13.8 Å².